The Morgan fingerprint density at radius 1 is 0.933 bits per heavy atom. The van der Waals surface area contributed by atoms with Gasteiger partial charge >= 0.3 is 0 Å². The molecule has 0 unspecified atom stereocenters. The molecule has 0 aromatic carbocycles. The van der Waals surface area contributed by atoms with Gasteiger partial charge in [0, 0.05) is 26.2 Å². The van der Waals surface area contributed by atoms with Crippen LogP contribution in [0.15, 0.2) is 4.79 Å². The fourth-order valence-corrected chi connectivity index (χ4v) is 2.68. The number of aromatic nitrogens is 2. The first-order valence-corrected chi connectivity index (χ1v) is 5.63. The molecule has 3 rings (SSSR count). The van der Waals surface area contributed by atoms with Crippen LogP contribution in [0.25, 0.3) is 0 Å². The summed E-state index contributed by atoms with van der Waals surface area (Å²) < 4.78 is 3.84. The van der Waals surface area contributed by atoms with E-state index >= 15 is 0 Å². The Morgan fingerprint density at radius 2 is 1.60 bits per heavy atom. The van der Waals surface area contributed by atoms with Crippen LogP contribution in [-0.4, -0.2) is 22.5 Å². The van der Waals surface area contributed by atoms with Gasteiger partial charge in [0.25, 0.3) is 5.56 Å². The van der Waals surface area contributed by atoms with E-state index in [1.165, 1.54) is 12.8 Å². The number of hydrogen-bond donors (Lipinski definition) is 1. The maximum absolute atomic E-state index is 11.8. The molecule has 0 bridgehead atoms. The van der Waals surface area contributed by atoms with Crippen LogP contribution in [0.5, 0.6) is 0 Å². The SMILES string of the molecule is Nc1c(N2CCCC2)n2n(c1=O)CCC2. The average molecular weight is 208 g/mol. The minimum Gasteiger partial charge on any atom is -0.391 e. The van der Waals surface area contributed by atoms with Crippen molar-refractivity contribution >= 4 is 11.5 Å². The highest BCUT2D eigenvalue weighted by molar-refractivity contribution is 5.63. The molecule has 5 nitrogen and oxygen atoms in total. The molecule has 2 N–H and O–H groups in total. The summed E-state index contributed by atoms with van der Waals surface area (Å²) in [6.07, 6.45) is 3.47. The number of nitrogens with two attached hydrogens (primary N) is 1. The quantitative estimate of drug-likeness (QED) is 0.719. The molecule has 1 aromatic heterocycles. The monoisotopic (exact) mass is 208 g/mol. The summed E-state index contributed by atoms with van der Waals surface area (Å²) >= 11 is 0. The fraction of sp³-hybridized carbons (Fsp3) is 0.700. The summed E-state index contributed by atoms with van der Waals surface area (Å²) in [7, 11) is 0. The molecule has 0 amide bonds. The van der Waals surface area contributed by atoms with Crippen molar-refractivity contribution in [2.45, 2.75) is 32.4 Å². The van der Waals surface area contributed by atoms with Crippen LogP contribution in [0.4, 0.5) is 11.5 Å². The highest BCUT2D eigenvalue weighted by Crippen LogP contribution is 2.27. The summed E-state index contributed by atoms with van der Waals surface area (Å²) in [6, 6.07) is 0. The van der Waals surface area contributed by atoms with E-state index in [0.717, 1.165) is 38.4 Å². The molecule has 0 atom stereocenters. The lowest BCUT2D eigenvalue weighted by Crippen LogP contribution is -2.22. The van der Waals surface area contributed by atoms with Crippen molar-refractivity contribution in [3.05, 3.63) is 10.4 Å². The van der Waals surface area contributed by atoms with Crippen molar-refractivity contribution in [3.8, 4) is 0 Å². The Hall–Kier alpha value is -1.39. The van der Waals surface area contributed by atoms with E-state index in [4.69, 9.17) is 5.73 Å². The summed E-state index contributed by atoms with van der Waals surface area (Å²) in [5.41, 5.74) is 6.33. The first kappa shape index (κ1) is 8.88. The molecule has 0 aliphatic carbocycles. The van der Waals surface area contributed by atoms with Gasteiger partial charge in [-0.25, -0.2) is 4.68 Å². The van der Waals surface area contributed by atoms with Gasteiger partial charge in [-0.05, 0) is 19.3 Å². The van der Waals surface area contributed by atoms with Crippen LogP contribution < -0.4 is 16.2 Å². The molecule has 0 saturated carbocycles. The number of rotatable bonds is 1. The van der Waals surface area contributed by atoms with E-state index in [1.807, 2.05) is 0 Å². The van der Waals surface area contributed by atoms with Crippen LogP contribution in [-0.2, 0) is 13.1 Å². The van der Waals surface area contributed by atoms with Crippen molar-refractivity contribution in [1.82, 2.24) is 9.36 Å². The van der Waals surface area contributed by atoms with Crippen molar-refractivity contribution < 1.29 is 0 Å². The third kappa shape index (κ3) is 1.12. The van der Waals surface area contributed by atoms with Gasteiger partial charge in [0.05, 0.1) is 0 Å². The van der Waals surface area contributed by atoms with E-state index in [-0.39, 0.29) is 5.56 Å². The van der Waals surface area contributed by atoms with E-state index in [1.54, 1.807) is 4.68 Å². The van der Waals surface area contributed by atoms with Crippen LogP contribution in [0, 0.1) is 0 Å². The van der Waals surface area contributed by atoms with Crippen molar-refractivity contribution in [3.63, 3.8) is 0 Å². The third-order valence-electron chi connectivity index (χ3n) is 3.39. The molecule has 15 heavy (non-hydrogen) atoms. The minimum absolute atomic E-state index is 0.00519. The molecule has 2 aliphatic heterocycles. The van der Waals surface area contributed by atoms with Crippen LogP contribution in [0.2, 0.25) is 0 Å². The average Bonchev–Trinajstić information content (AvgIpc) is 2.89. The van der Waals surface area contributed by atoms with Gasteiger partial charge in [0.2, 0.25) is 0 Å². The Labute approximate surface area is 88.1 Å². The second-order valence-corrected chi connectivity index (χ2v) is 4.34. The molecule has 3 heterocycles. The van der Waals surface area contributed by atoms with Crippen LogP contribution >= 0.6 is 0 Å². The third-order valence-corrected chi connectivity index (χ3v) is 3.39. The molecule has 1 fully saturated rings. The highest BCUT2D eigenvalue weighted by atomic mass is 16.1. The second kappa shape index (κ2) is 3.05. The fourth-order valence-electron chi connectivity index (χ4n) is 2.68. The Balaban J connectivity index is 2.13. The first-order chi connectivity index (χ1) is 7.29. The normalized spacial score (nSPS) is 19.9. The van der Waals surface area contributed by atoms with Gasteiger partial charge in [0.15, 0.2) is 5.82 Å². The molecular formula is C10H16N4O. The minimum atomic E-state index is -0.00519. The summed E-state index contributed by atoms with van der Waals surface area (Å²) in [5, 5.41) is 0. The molecular weight excluding hydrogens is 192 g/mol. The van der Waals surface area contributed by atoms with Gasteiger partial charge in [0.1, 0.15) is 5.69 Å². The number of fused-ring (bicyclic) bond motifs is 1. The topological polar surface area (TPSA) is 56.2 Å². The van der Waals surface area contributed by atoms with E-state index in [9.17, 15) is 4.79 Å². The number of nitrogen functional groups attached to an aromatic ring is 1. The zero-order valence-corrected chi connectivity index (χ0v) is 8.78. The second-order valence-electron chi connectivity index (χ2n) is 4.34. The first-order valence-electron chi connectivity index (χ1n) is 5.63. The number of anilines is 2. The lowest BCUT2D eigenvalue weighted by atomic mass is 10.4. The zero-order valence-electron chi connectivity index (χ0n) is 8.78. The maximum atomic E-state index is 11.8. The molecule has 1 saturated heterocycles. The molecule has 1 aromatic rings. The van der Waals surface area contributed by atoms with Gasteiger partial charge in [-0.1, -0.05) is 0 Å². The Bertz CT molecular complexity index is 439. The highest BCUT2D eigenvalue weighted by Gasteiger charge is 2.26. The predicted molar refractivity (Wildman–Crippen MR) is 59.2 cm³/mol. The van der Waals surface area contributed by atoms with E-state index in [2.05, 4.69) is 9.58 Å². The van der Waals surface area contributed by atoms with E-state index in [0.29, 0.717) is 5.69 Å². The molecule has 0 spiro atoms. The molecule has 5 heteroatoms. The standard InChI is InChI=1S/C10H16N4O/c11-8-9(12-4-1-2-5-12)13-6-3-7-14(13)10(8)15/h1-7,11H2. The zero-order chi connectivity index (χ0) is 10.4. The van der Waals surface area contributed by atoms with Gasteiger partial charge in [-0.15, -0.1) is 0 Å². The van der Waals surface area contributed by atoms with Gasteiger partial charge < -0.3 is 10.6 Å². The maximum Gasteiger partial charge on any atom is 0.292 e. The van der Waals surface area contributed by atoms with Crippen LogP contribution in [0.3, 0.4) is 0 Å². The van der Waals surface area contributed by atoms with Gasteiger partial charge in [-0.2, -0.15) is 0 Å². The van der Waals surface area contributed by atoms with E-state index < -0.39 is 0 Å². The molecule has 82 valence electrons. The summed E-state index contributed by atoms with van der Waals surface area (Å²) in [5.74, 6) is 0.968. The van der Waals surface area contributed by atoms with Crippen molar-refractivity contribution in [2.24, 2.45) is 0 Å². The lowest BCUT2D eigenvalue weighted by molar-refractivity contribution is 0.589. The number of nitrogens with zero attached hydrogens (tertiary/aromatic N) is 3. The smallest absolute Gasteiger partial charge is 0.292 e. The summed E-state index contributed by atoms with van der Waals surface area (Å²) in [4.78, 5) is 14.1. The van der Waals surface area contributed by atoms with Crippen LogP contribution in [0.1, 0.15) is 19.3 Å². The molecule has 2 aliphatic rings. The van der Waals surface area contributed by atoms with Crippen molar-refractivity contribution in [1.29, 1.82) is 0 Å². The Kier molecular flexibility index (Phi) is 1.81. The van der Waals surface area contributed by atoms with Gasteiger partial charge in [-0.3, -0.25) is 9.48 Å². The Morgan fingerprint density at radius 3 is 2.33 bits per heavy atom. The van der Waals surface area contributed by atoms with Crippen molar-refractivity contribution in [2.75, 3.05) is 23.7 Å². The lowest BCUT2D eigenvalue weighted by Gasteiger charge is -2.19. The number of hydrogen-bond acceptors (Lipinski definition) is 3. The summed E-state index contributed by atoms with van der Waals surface area (Å²) in [6.45, 7) is 3.82. The molecule has 0 radical (unpaired) electrons. The predicted octanol–water partition coefficient (Wildman–Crippen LogP) is 0.236. The largest absolute Gasteiger partial charge is 0.391 e.